The van der Waals surface area contributed by atoms with Crippen LogP contribution in [0.4, 0.5) is 0 Å². The van der Waals surface area contributed by atoms with Gasteiger partial charge in [0.25, 0.3) is 0 Å². The summed E-state index contributed by atoms with van der Waals surface area (Å²) in [6.45, 7) is 8.51. The first-order valence-electron chi connectivity index (χ1n) is 6.55. The van der Waals surface area contributed by atoms with Crippen LogP contribution in [0.5, 0.6) is 0 Å². The molecule has 0 heterocycles. The Balaban J connectivity index is 0. The van der Waals surface area contributed by atoms with Gasteiger partial charge in [0.2, 0.25) is 0 Å². The first-order valence-corrected chi connectivity index (χ1v) is 6.55. The molecule has 0 fully saturated rings. The molecule has 0 aromatic rings. The average Bonchev–Trinajstić information content (AvgIpc) is 2.28. The monoisotopic (exact) mass is 288 g/mol. The van der Waals surface area contributed by atoms with Crippen molar-refractivity contribution >= 4 is 23.5 Å². The number of ketones is 2. The van der Waals surface area contributed by atoms with E-state index in [4.69, 9.17) is 10.2 Å². The number of hydrogen-bond donors (Lipinski definition) is 2. The van der Waals surface area contributed by atoms with E-state index in [2.05, 4.69) is 0 Å². The number of rotatable bonds is 7. The summed E-state index contributed by atoms with van der Waals surface area (Å²) in [5, 5.41) is 16.7. The van der Waals surface area contributed by atoms with Gasteiger partial charge in [-0.05, 0) is 6.42 Å². The molecule has 0 aliphatic rings. The summed E-state index contributed by atoms with van der Waals surface area (Å²) in [6, 6.07) is 0. The molecular weight excluding hydrogens is 264 g/mol. The highest BCUT2D eigenvalue weighted by atomic mass is 16.4. The molecule has 0 aliphatic carbocycles. The molecule has 0 saturated heterocycles. The van der Waals surface area contributed by atoms with Gasteiger partial charge in [-0.25, -0.2) is 0 Å². The summed E-state index contributed by atoms with van der Waals surface area (Å²) < 4.78 is 0. The number of carbonyl (C=O) groups is 4. The number of carbonyl (C=O) groups excluding carboxylic acids is 2. The summed E-state index contributed by atoms with van der Waals surface area (Å²) in [6.07, 6.45) is 0.0318. The fraction of sp³-hybridized carbons (Fsp3) is 0.714. The van der Waals surface area contributed by atoms with Gasteiger partial charge < -0.3 is 10.2 Å². The van der Waals surface area contributed by atoms with E-state index in [1.807, 2.05) is 0 Å². The highest BCUT2D eigenvalue weighted by Gasteiger charge is 2.25. The molecule has 6 nitrogen and oxygen atoms in total. The highest BCUT2D eigenvalue weighted by Crippen LogP contribution is 2.10. The predicted octanol–water partition coefficient (Wildman–Crippen LogP) is 2.01. The van der Waals surface area contributed by atoms with Gasteiger partial charge in [0.05, 0.1) is 0 Å². The molecule has 116 valence electrons. The minimum Gasteiger partial charge on any atom is -0.481 e. The molecule has 2 N–H and O–H groups in total. The highest BCUT2D eigenvalue weighted by molar-refractivity contribution is 5.99. The quantitative estimate of drug-likeness (QED) is 0.693. The predicted molar refractivity (Wildman–Crippen MR) is 73.4 cm³/mol. The largest absolute Gasteiger partial charge is 0.481 e. The number of carboxylic acid groups (broad SMARTS) is 2. The molecule has 20 heavy (non-hydrogen) atoms. The van der Waals surface area contributed by atoms with Gasteiger partial charge in [-0.3, -0.25) is 19.2 Å². The minimum atomic E-state index is -1.05. The van der Waals surface area contributed by atoms with E-state index in [9.17, 15) is 19.2 Å². The third kappa shape index (κ3) is 9.24. The lowest BCUT2D eigenvalue weighted by Gasteiger charge is -2.10. The van der Waals surface area contributed by atoms with E-state index in [0.29, 0.717) is 6.42 Å². The molecule has 6 heteroatoms. The number of carboxylic acids is 2. The Kier molecular flexibility index (Phi) is 10.4. The fourth-order valence-corrected chi connectivity index (χ4v) is 1.25. The molecule has 0 aliphatic heterocycles. The zero-order chi connectivity index (χ0) is 16.5. The maximum atomic E-state index is 11.1. The van der Waals surface area contributed by atoms with Crippen molar-refractivity contribution in [2.24, 2.45) is 17.8 Å². The van der Waals surface area contributed by atoms with Crippen molar-refractivity contribution in [2.45, 2.75) is 47.5 Å². The summed E-state index contributed by atoms with van der Waals surface area (Å²) in [5.41, 5.74) is 0. The van der Waals surface area contributed by atoms with E-state index in [-0.39, 0.29) is 29.8 Å². The fourth-order valence-electron chi connectivity index (χ4n) is 1.25. The van der Waals surface area contributed by atoms with Crippen molar-refractivity contribution in [3.05, 3.63) is 0 Å². The zero-order valence-electron chi connectivity index (χ0n) is 12.7. The van der Waals surface area contributed by atoms with Crippen LogP contribution in [0.25, 0.3) is 0 Å². The van der Waals surface area contributed by atoms with E-state index >= 15 is 0 Å². The van der Waals surface area contributed by atoms with Gasteiger partial charge in [-0.2, -0.15) is 0 Å². The lowest BCUT2D eigenvalue weighted by Crippen LogP contribution is -2.26. The molecule has 1 atom stereocenters. The van der Waals surface area contributed by atoms with Crippen LogP contribution in [0, 0.1) is 17.8 Å². The number of Topliss-reactive ketones (excluding diaryl/α,β-unsaturated/α-hetero) is 2. The Morgan fingerprint density at radius 1 is 0.900 bits per heavy atom. The maximum absolute atomic E-state index is 11.1. The van der Waals surface area contributed by atoms with Gasteiger partial charge in [0, 0.05) is 11.8 Å². The first kappa shape index (κ1) is 20.6. The Bertz CT molecular complexity index is 357. The summed E-state index contributed by atoms with van der Waals surface area (Å²) >= 11 is 0. The van der Waals surface area contributed by atoms with E-state index in [0.717, 1.165) is 0 Å². The first-order chi connectivity index (χ1) is 9.04. The SMILES string of the molecule is CC(C)C(=O)CC(=O)O.CCC(C(=O)O)C(=O)C(C)C. The molecule has 0 amide bonds. The molecular formula is C14H24O6. The van der Waals surface area contributed by atoms with Crippen molar-refractivity contribution in [3.8, 4) is 0 Å². The van der Waals surface area contributed by atoms with Crippen molar-refractivity contribution in [1.82, 2.24) is 0 Å². The van der Waals surface area contributed by atoms with Crippen LogP contribution in [-0.4, -0.2) is 33.7 Å². The van der Waals surface area contributed by atoms with Crippen LogP contribution in [0.2, 0.25) is 0 Å². The van der Waals surface area contributed by atoms with E-state index in [1.165, 1.54) is 0 Å². The summed E-state index contributed by atoms with van der Waals surface area (Å²) in [5.74, 6) is -3.62. The average molecular weight is 288 g/mol. The zero-order valence-corrected chi connectivity index (χ0v) is 12.7. The second kappa shape index (κ2) is 10.1. The van der Waals surface area contributed by atoms with Crippen molar-refractivity contribution < 1.29 is 29.4 Å². The topological polar surface area (TPSA) is 109 Å². The normalized spacial score (nSPS) is 11.6. The third-order valence-electron chi connectivity index (χ3n) is 2.59. The van der Waals surface area contributed by atoms with Crippen LogP contribution in [0.3, 0.4) is 0 Å². The van der Waals surface area contributed by atoms with Gasteiger partial charge in [-0.1, -0.05) is 34.6 Å². The van der Waals surface area contributed by atoms with Crippen molar-refractivity contribution in [3.63, 3.8) is 0 Å². The molecule has 0 radical (unpaired) electrons. The van der Waals surface area contributed by atoms with Gasteiger partial charge >= 0.3 is 11.9 Å². The molecule has 0 rings (SSSR count). The Morgan fingerprint density at radius 3 is 1.45 bits per heavy atom. The lowest BCUT2D eigenvalue weighted by molar-refractivity contribution is -0.147. The minimum absolute atomic E-state index is 0.166. The number of hydrogen-bond acceptors (Lipinski definition) is 4. The molecule has 0 aromatic heterocycles. The lowest BCUT2D eigenvalue weighted by atomic mass is 9.93. The Hall–Kier alpha value is -1.72. The van der Waals surface area contributed by atoms with E-state index < -0.39 is 17.9 Å². The van der Waals surface area contributed by atoms with Crippen molar-refractivity contribution in [2.75, 3.05) is 0 Å². The number of aliphatic carboxylic acids is 2. The smallest absolute Gasteiger partial charge is 0.314 e. The third-order valence-corrected chi connectivity index (χ3v) is 2.59. The molecule has 0 aromatic carbocycles. The van der Waals surface area contributed by atoms with E-state index in [1.54, 1.807) is 34.6 Å². The van der Waals surface area contributed by atoms with Gasteiger partial charge in [-0.15, -0.1) is 0 Å². The molecule has 0 bridgehead atoms. The van der Waals surface area contributed by atoms with Crippen LogP contribution in [0.15, 0.2) is 0 Å². The van der Waals surface area contributed by atoms with Crippen LogP contribution < -0.4 is 0 Å². The molecule has 1 unspecified atom stereocenters. The van der Waals surface area contributed by atoms with Gasteiger partial charge in [0.1, 0.15) is 23.9 Å². The summed E-state index contributed by atoms with van der Waals surface area (Å²) in [7, 11) is 0. The second-order valence-corrected chi connectivity index (χ2v) is 5.05. The van der Waals surface area contributed by atoms with Crippen LogP contribution >= 0.6 is 0 Å². The maximum Gasteiger partial charge on any atom is 0.314 e. The van der Waals surface area contributed by atoms with Gasteiger partial charge in [0.15, 0.2) is 0 Å². The molecule has 0 saturated carbocycles. The Morgan fingerprint density at radius 2 is 1.35 bits per heavy atom. The molecule has 0 spiro atoms. The van der Waals surface area contributed by atoms with Crippen LogP contribution in [-0.2, 0) is 19.2 Å². The second-order valence-electron chi connectivity index (χ2n) is 5.05. The van der Waals surface area contributed by atoms with Crippen LogP contribution in [0.1, 0.15) is 47.5 Å². The Labute approximate surface area is 119 Å². The van der Waals surface area contributed by atoms with Crippen molar-refractivity contribution in [1.29, 1.82) is 0 Å². The summed E-state index contributed by atoms with van der Waals surface area (Å²) in [4.78, 5) is 42.1. The standard InChI is InChI=1S/C8H14O3.C6H10O3/c1-4-6(8(10)11)7(9)5(2)3;1-4(2)5(7)3-6(8)9/h5-6H,4H2,1-3H3,(H,10,11);4H,3H2,1-2H3,(H,8,9).